The molecule has 0 radical (unpaired) electrons. The Morgan fingerprint density at radius 1 is 1.62 bits per heavy atom. The van der Waals surface area contributed by atoms with Crippen LogP contribution in [-0.2, 0) is 9.53 Å². The molecule has 0 aliphatic carbocycles. The summed E-state index contributed by atoms with van der Waals surface area (Å²) >= 11 is 0. The fourth-order valence-corrected chi connectivity index (χ4v) is 1.35. The molecule has 1 atom stereocenters. The molecule has 0 aromatic heterocycles. The van der Waals surface area contributed by atoms with E-state index in [4.69, 9.17) is 9.84 Å². The van der Waals surface area contributed by atoms with Gasteiger partial charge in [-0.3, -0.25) is 4.79 Å². The van der Waals surface area contributed by atoms with E-state index in [9.17, 15) is 13.6 Å². The number of halogens is 2. The Hall–Kier alpha value is -0.710. The maximum absolute atomic E-state index is 13.0. The van der Waals surface area contributed by atoms with Crippen molar-refractivity contribution in [2.24, 2.45) is 5.92 Å². The Morgan fingerprint density at radius 3 is 2.85 bits per heavy atom. The lowest BCUT2D eigenvalue weighted by molar-refractivity contribution is -0.149. The topological polar surface area (TPSA) is 46.5 Å². The number of aliphatic carboxylic acids is 1. The van der Waals surface area contributed by atoms with Crippen LogP contribution in [0.3, 0.4) is 0 Å². The zero-order chi connectivity index (χ0) is 9.90. The van der Waals surface area contributed by atoms with Gasteiger partial charge in [0, 0.05) is 18.8 Å². The highest BCUT2D eigenvalue weighted by molar-refractivity contribution is 5.66. The fourth-order valence-electron chi connectivity index (χ4n) is 1.35. The van der Waals surface area contributed by atoms with Gasteiger partial charge in [-0.15, -0.1) is 0 Å². The third-order valence-electron chi connectivity index (χ3n) is 2.20. The second-order valence-corrected chi connectivity index (χ2v) is 3.22. The molecule has 1 aliphatic rings. The Kier molecular flexibility index (Phi) is 3.19. The summed E-state index contributed by atoms with van der Waals surface area (Å²) in [5, 5.41) is 8.33. The normalized spacial score (nSPS) is 27.1. The van der Waals surface area contributed by atoms with E-state index >= 15 is 0 Å². The molecule has 0 spiro atoms. The Balaban J connectivity index is 2.41. The van der Waals surface area contributed by atoms with Crippen molar-refractivity contribution in [2.45, 2.75) is 25.2 Å². The van der Waals surface area contributed by atoms with Crippen LogP contribution in [0.2, 0.25) is 0 Å². The second kappa shape index (κ2) is 4.00. The van der Waals surface area contributed by atoms with Gasteiger partial charge in [0.25, 0.3) is 5.92 Å². The number of rotatable bonds is 3. The molecule has 1 rings (SSSR count). The Morgan fingerprint density at radius 2 is 2.31 bits per heavy atom. The molecule has 0 aromatic rings. The number of ether oxygens (including phenoxy) is 1. The van der Waals surface area contributed by atoms with Crippen LogP contribution in [-0.4, -0.2) is 30.2 Å². The molecule has 0 saturated carbocycles. The minimum absolute atomic E-state index is 0.0116. The van der Waals surface area contributed by atoms with Crippen molar-refractivity contribution in [3.8, 4) is 0 Å². The minimum Gasteiger partial charge on any atom is -0.481 e. The maximum Gasteiger partial charge on any atom is 0.303 e. The van der Waals surface area contributed by atoms with Crippen molar-refractivity contribution in [2.75, 3.05) is 13.2 Å². The number of hydrogen-bond donors (Lipinski definition) is 1. The molecule has 13 heavy (non-hydrogen) atoms. The summed E-state index contributed by atoms with van der Waals surface area (Å²) in [5.41, 5.74) is 0. The first-order valence-corrected chi connectivity index (χ1v) is 4.20. The second-order valence-electron chi connectivity index (χ2n) is 3.22. The third kappa shape index (κ3) is 2.91. The molecule has 76 valence electrons. The summed E-state index contributed by atoms with van der Waals surface area (Å²) in [5.74, 6) is -4.73. The van der Waals surface area contributed by atoms with Crippen molar-refractivity contribution in [3.05, 3.63) is 0 Å². The lowest BCUT2D eigenvalue weighted by Crippen LogP contribution is -2.38. The van der Waals surface area contributed by atoms with Crippen molar-refractivity contribution >= 4 is 5.97 Å². The van der Waals surface area contributed by atoms with Crippen LogP contribution in [0.4, 0.5) is 8.78 Å². The average Bonchev–Trinajstić information content (AvgIpc) is 2.01. The van der Waals surface area contributed by atoms with E-state index < -0.39 is 17.8 Å². The van der Waals surface area contributed by atoms with Crippen LogP contribution in [0.5, 0.6) is 0 Å². The first-order valence-electron chi connectivity index (χ1n) is 4.20. The summed E-state index contributed by atoms with van der Waals surface area (Å²) in [6.45, 7) is 0.0385. The quantitative estimate of drug-likeness (QED) is 0.740. The van der Waals surface area contributed by atoms with Gasteiger partial charge < -0.3 is 9.84 Å². The van der Waals surface area contributed by atoms with E-state index in [1.807, 2.05) is 0 Å². The maximum atomic E-state index is 13.0. The molecule has 0 aromatic carbocycles. The summed E-state index contributed by atoms with van der Waals surface area (Å²) in [7, 11) is 0. The van der Waals surface area contributed by atoms with Crippen LogP contribution in [0.1, 0.15) is 19.3 Å². The summed E-state index contributed by atoms with van der Waals surface area (Å²) in [6.07, 6.45) is -0.525. The molecular formula is C8H12F2O3. The fraction of sp³-hybridized carbons (Fsp3) is 0.875. The first kappa shape index (κ1) is 10.4. The molecular weight excluding hydrogens is 182 g/mol. The SMILES string of the molecule is O=C(O)CCC1COCCC1(F)F. The first-order chi connectivity index (χ1) is 6.02. The molecule has 1 aliphatic heterocycles. The van der Waals surface area contributed by atoms with Crippen LogP contribution >= 0.6 is 0 Å². The predicted octanol–water partition coefficient (Wildman–Crippen LogP) is 1.52. The van der Waals surface area contributed by atoms with Gasteiger partial charge in [-0.2, -0.15) is 0 Å². The average molecular weight is 194 g/mol. The van der Waals surface area contributed by atoms with Gasteiger partial charge >= 0.3 is 5.97 Å². The number of hydrogen-bond acceptors (Lipinski definition) is 2. The predicted molar refractivity (Wildman–Crippen MR) is 40.7 cm³/mol. The molecule has 1 unspecified atom stereocenters. The van der Waals surface area contributed by atoms with Gasteiger partial charge in [0.2, 0.25) is 0 Å². The zero-order valence-corrected chi connectivity index (χ0v) is 7.13. The van der Waals surface area contributed by atoms with E-state index in [0.717, 1.165) is 0 Å². The van der Waals surface area contributed by atoms with Gasteiger partial charge in [-0.05, 0) is 6.42 Å². The molecule has 1 saturated heterocycles. The number of alkyl halides is 2. The van der Waals surface area contributed by atoms with E-state index in [1.165, 1.54) is 0 Å². The van der Waals surface area contributed by atoms with Crippen LogP contribution in [0.15, 0.2) is 0 Å². The van der Waals surface area contributed by atoms with E-state index in [1.54, 1.807) is 0 Å². The summed E-state index contributed by atoms with van der Waals surface area (Å²) in [6, 6.07) is 0. The molecule has 0 bridgehead atoms. The van der Waals surface area contributed by atoms with E-state index in [-0.39, 0.29) is 32.5 Å². The van der Waals surface area contributed by atoms with E-state index in [0.29, 0.717) is 0 Å². The van der Waals surface area contributed by atoms with Crippen LogP contribution in [0, 0.1) is 5.92 Å². The van der Waals surface area contributed by atoms with Crippen LogP contribution < -0.4 is 0 Å². The molecule has 1 heterocycles. The van der Waals surface area contributed by atoms with Gasteiger partial charge in [-0.1, -0.05) is 0 Å². The van der Waals surface area contributed by atoms with E-state index in [2.05, 4.69) is 0 Å². The molecule has 3 nitrogen and oxygen atoms in total. The number of carboxylic acids is 1. The highest BCUT2D eigenvalue weighted by Gasteiger charge is 2.41. The van der Waals surface area contributed by atoms with Gasteiger partial charge in [0.1, 0.15) is 0 Å². The van der Waals surface area contributed by atoms with Gasteiger partial charge in [-0.25, -0.2) is 8.78 Å². The summed E-state index contributed by atoms with van der Waals surface area (Å²) in [4.78, 5) is 10.2. The highest BCUT2D eigenvalue weighted by atomic mass is 19.3. The molecule has 0 amide bonds. The highest BCUT2D eigenvalue weighted by Crippen LogP contribution is 2.34. The standard InChI is InChI=1S/C8H12F2O3/c9-8(10)3-4-13-5-6(8)1-2-7(11)12/h6H,1-5H2,(H,11,12). The monoisotopic (exact) mass is 194 g/mol. The largest absolute Gasteiger partial charge is 0.481 e. The molecule has 1 fully saturated rings. The summed E-state index contributed by atoms with van der Waals surface area (Å²) < 4.78 is 31.0. The minimum atomic E-state index is -2.76. The van der Waals surface area contributed by atoms with Crippen LogP contribution in [0.25, 0.3) is 0 Å². The number of carbonyl (C=O) groups is 1. The zero-order valence-electron chi connectivity index (χ0n) is 7.13. The lowest BCUT2D eigenvalue weighted by atomic mass is 9.93. The van der Waals surface area contributed by atoms with Crippen molar-refractivity contribution < 1.29 is 23.4 Å². The Bertz CT molecular complexity index is 194. The van der Waals surface area contributed by atoms with Crippen molar-refractivity contribution in [1.29, 1.82) is 0 Å². The van der Waals surface area contributed by atoms with Crippen molar-refractivity contribution in [3.63, 3.8) is 0 Å². The number of carboxylic acid groups (broad SMARTS) is 1. The lowest BCUT2D eigenvalue weighted by Gasteiger charge is -2.30. The smallest absolute Gasteiger partial charge is 0.303 e. The molecule has 5 heteroatoms. The Labute approximate surface area is 74.7 Å². The van der Waals surface area contributed by atoms with Crippen molar-refractivity contribution in [1.82, 2.24) is 0 Å². The van der Waals surface area contributed by atoms with Gasteiger partial charge in [0.05, 0.1) is 13.2 Å². The third-order valence-corrected chi connectivity index (χ3v) is 2.20. The van der Waals surface area contributed by atoms with Gasteiger partial charge in [0.15, 0.2) is 0 Å². The molecule has 1 N–H and O–H groups in total.